The highest BCUT2D eigenvalue weighted by atomic mass is 127. The molecular formula is C25H25Cl2I2NO3. The summed E-state index contributed by atoms with van der Waals surface area (Å²) in [6, 6.07) is 10.5. The van der Waals surface area contributed by atoms with Crippen molar-refractivity contribution >= 4 is 80.3 Å². The minimum atomic E-state index is -0.992. The molecule has 4 bridgehead atoms. The van der Waals surface area contributed by atoms with Gasteiger partial charge < -0.3 is 10.4 Å². The van der Waals surface area contributed by atoms with E-state index in [1.54, 1.807) is 12.1 Å². The second-order valence-corrected chi connectivity index (χ2v) is 13.0. The van der Waals surface area contributed by atoms with Gasteiger partial charge in [-0.25, -0.2) is 4.79 Å². The lowest BCUT2D eigenvalue weighted by atomic mass is 9.49. The van der Waals surface area contributed by atoms with Gasteiger partial charge in [0, 0.05) is 13.7 Å². The fourth-order valence-corrected chi connectivity index (χ4v) is 7.59. The molecule has 8 heteroatoms. The Hall–Kier alpha value is -0.580. The number of carboxylic acids is 1. The molecule has 33 heavy (non-hydrogen) atoms. The second kappa shape index (κ2) is 10.6. The number of hydrogen-bond acceptors (Lipinski definition) is 2. The zero-order valence-corrected chi connectivity index (χ0v) is 23.7. The Balaban J connectivity index is 0.000000200. The van der Waals surface area contributed by atoms with E-state index in [-0.39, 0.29) is 16.5 Å². The maximum atomic E-state index is 12.5. The molecule has 4 fully saturated rings. The van der Waals surface area contributed by atoms with Gasteiger partial charge >= 0.3 is 5.97 Å². The van der Waals surface area contributed by atoms with Crippen molar-refractivity contribution in [1.29, 1.82) is 0 Å². The van der Waals surface area contributed by atoms with Crippen molar-refractivity contribution in [2.45, 2.75) is 38.5 Å². The molecule has 2 N–H and O–H groups in total. The third-order valence-electron chi connectivity index (χ3n) is 7.12. The van der Waals surface area contributed by atoms with Crippen molar-refractivity contribution in [3.05, 3.63) is 64.7 Å². The van der Waals surface area contributed by atoms with Gasteiger partial charge in [-0.3, -0.25) is 4.79 Å². The minimum absolute atomic E-state index is 0.0146. The number of nitrogens with one attached hydrogen (secondary N) is 1. The van der Waals surface area contributed by atoms with E-state index in [1.807, 2.05) is 40.8 Å². The smallest absolute Gasteiger partial charge is 0.337 e. The number of carbonyl (C=O) groups is 2. The summed E-state index contributed by atoms with van der Waals surface area (Å²) in [6.45, 7) is 0.830. The van der Waals surface area contributed by atoms with E-state index < -0.39 is 5.97 Å². The Bertz CT molecular complexity index is 1040. The number of carbonyl (C=O) groups excluding carboxylic acids is 1. The van der Waals surface area contributed by atoms with Crippen molar-refractivity contribution in [3.63, 3.8) is 0 Å². The summed E-state index contributed by atoms with van der Waals surface area (Å²) < 4.78 is 1.91. The van der Waals surface area contributed by atoms with Gasteiger partial charge in [0.25, 0.3) is 5.91 Å². The van der Waals surface area contributed by atoms with Crippen LogP contribution in [0.4, 0.5) is 0 Å². The zero-order valence-electron chi connectivity index (χ0n) is 17.9. The SMILES string of the molecule is O=C(NCC12CC3CC(CC(C3)C1)C2)c1cc(I)ccc1Cl.O=C(O)c1cc(I)ccc1Cl. The molecule has 2 aromatic carbocycles. The maximum absolute atomic E-state index is 12.5. The summed E-state index contributed by atoms with van der Waals surface area (Å²) in [5.74, 6) is 1.76. The normalized spacial score (nSPS) is 27.0. The summed E-state index contributed by atoms with van der Waals surface area (Å²) in [6.07, 6.45) is 8.28. The van der Waals surface area contributed by atoms with Crippen molar-refractivity contribution in [3.8, 4) is 0 Å². The molecule has 0 saturated heterocycles. The molecule has 0 aromatic heterocycles. The fraction of sp³-hybridized carbons (Fsp3) is 0.440. The van der Waals surface area contributed by atoms with E-state index in [1.165, 1.54) is 44.6 Å². The van der Waals surface area contributed by atoms with Crippen LogP contribution in [0.3, 0.4) is 0 Å². The van der Waals surface area contributed by atoms with Crippen LogP contribution in [0.5, 0.6) is 0 Å². The van der Waals surface area contributed by atoms with Crippen LogP contribution in [0.15, 0.2) is 36.4 Å². The van der Waals surface area contributed by atoms with Crippen LogP contribution in [-0.2, 0) is 0 Å². The molecule has 0 atom stereocenters. The van der Waals surface area contributed by atoms with Gasteiger partial charge in [0.05, 0.1) is 21.2 Å². The Morgan fingerprint density at radius 3 is 1.79 bits per heavy atom. The maximum Gasteiger partial charge on any atom is 0.337 e. The van der Waals surface area contributed by atoms with Gasteiger partial charge in [-0.15, -0.1) is 0 Å². The van der Waals surface area contributed by atoms with Crippen LogP contribution in [0.1, 0.15) is 59.2 Å². The third-order valence-corrected chi connectivity index (χ3v) is 9.12. The highest BCUT2D eigenvalue weighted by Crippen LogP contribution is 2.59. The van der Waals surface area contributed by atoms with Crippen LogP contribution in [-0.4, -0.2) is 23.5 Å². The monoisotopic (exact) mass is 711 g/mol. The molecular weight excluding hydrogens is 687 g/mol. The van der Waals surface area contributed by atoms with E-state index in [0.717, 1.165) is 31.4 Å². The quantitative estimate of drug-likeness (QED) is 0.323. The Morgan fingerprint density at radius 1 is 0.879 bits per heavy atom. The van der Waals surface area contributed by atoms with Crippen molar-refractivity contribution in [1.82, 2.24) is 5.32 Å². The standard InChI is InChI=1S/C18H21ClINO.C7H4ClIO2/c19-16-2-1-14(20)6-15(16)17(22)21-10-18-7-11-3-12(8-18)5-13(4-11)9-18;8-6-2-1-4(9)3-5(6)7(10)11/h1-2,6,11-13H,3-5,7-10H2,(H,21,22);1-3H,(H,10,11). The first-order chi connectivity index (χ1) is 15.6. The van der Waals surface area contributed by atoms with Gasteiger partial charge in [-0.05, 0) is 143 Å². The van der Waals surface area contributed by atoms with Crippen LogP contribution < -0.4 is 5.32 Å². The summed E-state index contributed by atoms with van der Waals surface area (Å²) in [5.41, 5.74) is 1.13. The van der Waals surface area contributed by atoms with Crippen LogP contribution in [0.25, 0.3) is 0 Å². The van der Waals surface area contributed by atoms with E-state index in [2.05, 4.69) is 27.9 Å². The Kier molecular flexibility index (Phi) is 8.18. The van der Waals surface area contributed by atoms with Crippen LogP contribution in [0, 0.1) is 30.3 Å². The molecule has 2 aromatic rings. The second-order valence-electron chi connectivity index (χ2n) is 9.65. The first kappa shape index (κ1) is 25.5. The highest BCUT2D eigenvalue weighted by molar-refractivity contribution is 14.1. The number of amides is 1. The van der Waals surface area contributed by atoms with Crippen molar-refractivity contribution in [2.75, 3.05) is 6.54 Å². The largest absolute Gasteiger partial charge is 0.478 e. The third kappa shape index (κ3) is 6.16. The minimum Gasteiger partial charge on any atom is -0.478 e. The molecule has 0 spiro atoms. The fourth-order valence-electron chi connectivity index (χ4n) is 6.20. The molecule has 0 unspecified atom stereocenters. The first-order valence-corrected chi connectivity index (χ1v) is 14.0. The number of aromatic carboxylic acids is 1. The van der Waals surface area contributed by atoms with Gasteiger partial charge in [0.15, 0.2) is 0 Å². The molecule has 4 nitrogen and oxygen atoms in total. The van der Waals surface area contributed by atoms with E-state index >= 15 is 0 Å². The average Bonchev–Trinajstić information content (AvgIpc) is 2.75. The molecule has 4 aliphatic carbocycles. The van der Waals surface area contributed by atoms with E-state index in [9.17, 15) is 9.59 Å². The molecule has 176 valence electrons. The topological polar surface area (TPSA) is 66.4 Å². The summed E-state index contributed by atoms with van der Waals surface area (Å²) in [5, 5.41) is 12.6. The van der Waals surface area contributed by atoms with E-state index in [4.69, 9.17) is 28.3 Å². The molecule has 1 amide bonds. The summed E-state index contributed by atoms with van der Waals surface area (Å²) in [7, 11) is 0. The number of rotatable bonds is 4. The Labute approximate surface area is 231 Å². The van der Waals surface area contributed by atoms with Gasteiger partial charge in [0.1, 0.15) is 0 Å². The molecule has 0 aliphatic heterocycles. The predicted molar refractivity (Wildman–Crippen MR) is 148 cm³/mol. The Morgan fingerprint density at radius 2 is 1.33 bits per heavy atom. The first-order valence-electron chi connectivity index (χ1n) is 11.1. The lowest BCUT2D eigenvalue weighted by molar-refractivity contribution is -0.0503. The number of carboxylic acid groups (broad SMARTS) is 1. The lowest BCUT2D eigenvalue weighted by Crippen LogP contribution is -2.51. The average molecular weight is 712 g/mol. The summed E-state index contributed by atoms with van der Waals surface area (Å²) >= 11 is 16.0. The van der Waals surface area contributed by atoms with Crippen molar-refractivity contribution in [2.24, 2.45) is 23.2 Å². The van der Waals surface area contributed by atoms with E-state index in [0.29, 0.717) is 16.0 Å². The van der Waals surface area contributed by atoms with Gasteiger partial charge in [-0.1, -0.05) is 23.2 Å². The van der Waals surface area contributed by atoms with Crippen LogP contribution >= 0.6 is 68.4 Å². The zero-order chi connectivity index (χ0) is 23.8. The molecule has 4 aliphatic rings. The number of halogens is 4. The summed E-state index contributed by atoms with van der Waals surface area (Å²) in [4.78, 5) is 23.0. The number of hydrogen-bond donors (Lipinski definition) is 2. The predicted octanol–water partition coefficient (Wildman–Crippen LogP) is 7.53. The lowest BCUT2D eigenvalue weighted by Gasteiger charge is -2.56. The molecule has 6 rings (SSSR count). The van der Waals surface area contributed by atoms with Gasteiger partial charge in [0.2, 0.25) is 0 Å². The molecule has 0 heterocycles. The van der Waals surface area contributed by atoms with Gasteiger partial charge in [-0.2, -0.15) is 0 Å². The highest BCUT2D eigenvalue weighted by Gasteiger charge is 2.50. The number of benzene rings is 2. The molecule has 0 radical (unpaired) electrons. The van der Waals surface area contributed by atoms with Crippen LogP contribution in [0.2, 0.25) is 10.0 Å². The molecule has 4 saturated carbocycles. The van der Waals surface area contributed by atoms with Crippen molar-refractivity contribution < 1.29 is 14.7 Å².